The second-order valence-electron chi connectivity index (χ2n) is 7.03. The van der Waals surface area contributed by atoms with Crippen LogP contribution in [0.15, 0.2) is 65.5 Å². The SMILES string of the molecule is COc1ccc(NC(=O)c2cc3c([nH]c2=O)C[C@@H](c2ccccc2)CC3=O)cc1. The van der Waals surface area contributed by atoms with Gasteiger partial charge in [0.1, 0.15) is 11.3 Å². The number of pyridine rings is 1. The Morgan fingerprint density at radius 3 is 2.45 bits per heavy atom. The minimum absolute atomic E-state index is 0.0193. The third kappa shape index (κ3) is 3.82. The molecule has 0 bridgehead atoms. The van der Waals surface area contributed by atoms with Gasteiger partial charge in [0, 0.05) is 23.4 Å². The molecule has 6 heteroatoms. The zero-order valence-corrected chi connectivity index (χ0v) is 15.9. The van der Waals surface area contributed by atoms with Crippen molar-refractivity contribution in [1.82, 2.24) is 4.98 Å². The van der Waals surface area contributed by atoms with Crippen molar-refractivity contribution in [3.05, 3.63) is 93.4 Å². The molecule has 4 rings (SSSR count). The topological polar surface area (TPSA) is 88.3 Å². The van der Waals surface area contributed by atoms with E-state index in [0.29, 0.717) is 35.5 Å². The van der Waals surface area contributed by atoms with Crippen molar-refractivity contribution in [3.63, 3.8) is 0 Å². The third-order valence-corrected chi connectivity index (χ3v) is 5.17. The summed E-state index contributed by atoms with van der Waals surface area (Å²) in [5.41, 5.74) is 2.01. The number of hydrogen-bond acceptors (Lipinski definition) is 4. The van der Waals surface area contributed by atoms with Crippen molar-refractivity contribution in [3.8, 4) is 5.75 Å². The number of ether oxygens (including phenoxy) is 1. The summed E-state index contributed by atoms with van der Waals surface area (Å²) in [6.07, 6.45) is 0.906. The molecule has 29 heavy (non-hydrogen) atoms. The lowest BCUT2D eigenvalue weighted by Gasteiger charge is -2.24. The minimum Gasteiger partial charge on any atom is -0.497 e. The number of Topliss-reactive ketones (excluding diaryl/α,β-unsaturated/α-hetero) is 1. The first-order valence-corrected chi connectivity index (χ1v) is 9.35. The molecule has 1 heterocycles. The average molecular weight is 388 g/mol. The molecule has 3 aromatic rings. The van der Waals surface area contributed by atoms with E-state index in [1.807, 2.05) is 30.3 Å². The lowest BCUT2D eigenvalue weighted by molar-refractivity contribution is 0.0963. The Hall–Kier alpha value is -3.67. The van der Waals surface area contributed by atoms with Gasteiger partial charge in [-0.2, -0.15) is 0 Å². The fraction of sp³-hybridized carbons (Fsp3) is 0.174. The van der Waals surface area contributed by atoms with E-state index in [1.165, 1.54) is 6.07 Å². The van der Waals surface area contributed by atoms with Gasteiger partial charge in [-0.3, -0.25) is 14.4 Å². The van der Waals surface area contributed by atoms with Crippen molar-refractivity contribution in [2.45, 2.75) is 18.8 Å². The van der Waals surface area contributed by atoms with E-state index in [2.05, 4.69) is 10.3 Å². The number of H-pyrrole nitrogens is 1. The van der Waals surface area contributed by atoms with Crippen molar-refractivity contribution >= 4 is 17.4 Å². The van der Waals surface area contributed by atoms with Crippen molar-refractivity contribution in [2.24, 2.45) is 0 Å². The number of aromatic nitrogens is 1. The van der Waals surface area contributed by atoms with Crippen LogP contribution < -0.4 is 15.6 Å². The number of hydrogen-bond donors (Lipinski definition) is 2. The summed E-state index contributed by atoms with van der Waals surface area (Å²) in [6.45, 7) is 0. The van der Waals surface area contributed by atoms with Crippen molar-refractivity contribution in [2.75, 3.05) is 12.4 Å². The molecule has 6 nitrogen and oxygen atoms in total. The quantitative estimate of drug-likeness (QED) is 0.715. The van der Waals surface area contributed by atoms with Crippen LogP contribution in [-0.2, 0) is 6.42 Å². The van der Waals surface area contributed by atoms with E-state index in [1.54, 1.807) is 31.4 Å². The standard InChI is InChI=1S/C23H20N2O4/c1-29-17-9-7-16(8-10-17)24-22(27)19-13-18-20(25-23(19)28)11-15(12-21(18)26)14-5-3-2-4-6-14/h2-10,13,15H,11-12H2,1H3,(H,24,27)(H,25,28)/t15-/m1/s1. The Balaban J connectivity index is 1.59. The summed E-state index contributed by atoms with van der Waals surface area (Å²) in [5, 5.41) is 2.68. The fourth-order valence-corrected chi connectivity index (χ4v) is 3.63. The fourth-order valence-electron chi connectivity index (χ4n) is 3.63. The van der Waals surface area contributed by atoms with Gasteiger partial charge in [0.05, 0.1) is 7.11 Å². The molecule has 0 saturated carbocycles. The highest BCUT2D eigenvalue weighted by Gasteiger charge is 2.28. The normalized spacial score (nSPS) is 15.5. The summed E-state index contributed by atoms with van der Waals surface area (Å²) in [6, 6.07) is 18.0. The Bertz CT molecular complexity index is 1120. The smallest absolute Gasteiger partial charge is 0.261 e. The first-order chi connectivity index (χ1) is 14.0. The molecule has 0 radical (unpaired) electrons. The minimum atomic E-state index is -0.558. The van der Waals surface area contributed by atoms with E-state index in [0.717, 1.165) is 5.56 Å². The van der Waals surface area contributed by atoms with Crippen LogP contribution in [0, 0.1) is 0 Å². The predicted molar refractivity (Wildman–Crippen MR) is 110 cm³/mol. The number of fused-ring (bicyclic) bond motifs is 1. The summed E-state index contributed by atoms with van der Waals surface area (Å²) in [5.74, 6) is 0.0473. The summed E-state index contributed by atoms with van der Waals surface area (Å²) < 4.78 is 5.09. The molecule has 1 amide bonds. The molecular formula is C23H20N2O4. The summed E-state index contributed by atoms with van der Waals surface area (Å²) >= 11 is 0. The zero-order valence-electron chi connectivity index (χ0n) is 15.9. The molecular weight excluding hydrogens is 368 g/mol. The van der Waals surface area contributed by atoms with Gasteiger partial charge in [0.15, 0.2) is 5.78 Å². The van der Waals surface area contributed by atoms with E-state index in [4.69, 9.17) is 4.74 Å². The molecule has 2 N–H and O–H groups in total. The van der Waals surface area contributed by atoms with Crippen LogP contribution >= 0.6 is 0 Å². The van der Waals surface area contributed by atoms with Crippen molar-refractivity contribution in [1.29, 1.82) is 0 Å². The second-order valence-corrected chi connectivity index (χ2v) is 7.03. The molecule has 1 aromatic heterocycles. The highest BCUT2D eigenvalue weighted by Crippen LogP contribution is 2.31. The van der Waals surface area contributed by atoms with Crippen molar-refractivity contribution < 1.29 is 14.3 Å². The Labute approximate surface area is 167 Å². The Morgan fingerprint density at radius 1 is 1.03 bits per heavy atom. The predicted octanol–water partition coefficient (Wildman–Crippen LogP) is 3.55. The maximum atomic E-state index is 12.7. The maximum absolute atomic E-state index is 12.7. The highest BCUT2D eigenvalue weighted by atomic mass is 16.5. The van der Waals surface area contributed by atoms with Gasteiger partial charge in [0.25, 0.3) is 11.5 Å². The van der Waals surface area contributed by atoms with Crippen LogP contribution in [0.25, 0.3) is 0 Å². The number of carbonyl (C=O) groups excluding carboxylic acids is 2. The molecule has 0 saturated heterocycles. The lowest BCUT2D eigenvalue weighted by atomic mass is 9.81. The van der Waals surface area contributed by atoms with Gasteiger partial charge < -0.3 is 15.0 Å². The number of anilines is 1. The van der Waals surface area contributed by atoms with Gasteiger partial charge in [-0.1, -0.05) is 30.3 Å². The molecule has 146 valence electrons. The average Bonchev–Trinajstić information content (AvgIpc) is 2.74. The summed E-state index contributed by atoms with van der Waals surface area (Å²) in [4.78, 5) is 40.6. The molecule has 0 fully saturated rings. The van der Waals surface area contributed by atoms with Gasteiger partial charge in [-0.15, -0.1) is 0 Å². The van der Waals surface area contributed by atoms with E-state index in [9.17, 15) is 14.4 Å². The van der Waals surface area contributed by atoms with E-state index in [-0.39, 0.29) is 17.3 Å². The second kappa shape index (κ2) is 7.75. The van der Waals surface area contributed by atoms with Gasteiger partial charge >= 0.3 is 0 Å². The molecule has 0 unspecified atom stereocenters. The molecule has 1 aliphatic carbocycles. The number of rotatable bonds is 4. The number of aromatic amines is 1. The van der Waals surface area contributed by atoms with E-state index >= 15 is 0 Å². The summed E-state index contributed by atoms with van der Waals surface area (Å²) in [7, 11) is 1.56. The Morgan fingerprint density at radius 2 is 1.76 bits per heavy atom. The molecule has 2 aromatic carbocycles. The third-order valence-electron chi connectivity index (χ3n) is 5.17. The van der Waals surface area contributed by atoms with Crippen LogP contribution in [-0.4, -0.2) is 23.8 Å². The van der Waals surface area contributed by atoms with Gasteiger partial charge in [-0.05, 0) is 48.2 Å². The number of amides is 1. The molecule has 1 atom stereocenters. The molecule has 1 aliphatic rings. The number of ketones is 1. The number of carbonyl (C=O) groups is 2. The first-order valence-electron chi connectivity index (χ1n) is 9.35. The van der Waals surface area contributed by atoms with Crippen LogP contribution in [0.3, 0.4) is 0 Å². The lowest BCUT2D eigenvalue weighted by Crippen LogP contribution is -2.29. The molecule has 0 aliphatic heterocycles. The molecule has 0 spiro atoms. The number of benzene rings is 2. The van der Waals surface area contributed by atoms with Crippen LogP contribution in [0.4, 0.5) is 5.69 Å². The Kier molecular flexibility index (Phi) is 4.99. The van der Waals surface area contributed by atoms with E-state index < -0.39 is 11.5 Å². The number of nitrogens with one attached hydrogen (secondary N) is 2. The first kappa shape index (κ1) is 18.7. The van der Waals surface area contributed by atoms with Gasteiger partial charge in [-0.25, -0.2) is 0 Å². The zero-order chi connectivity index (χ0) is 20.4. The highest BCUT2D eigenvalue weighted by molar-refractivity contribution is 6.06. The van der Waals surface area contributed by atoms with Crippen LogP contribution in [0.1, 0.15) is 44.3 Å². The number of methoxy groups -OCH3 is 1. The monoisotopic (exact) mass is 388 g/mol. The van der Waals surface area contributed by atoms with Crippen LogP contribution in [0.2, 0.25) is 0 Å². The largest absolute Gasteiger partial charge is 0.497 e. The van der Waals surface area contributed by atoms with Gasteiger partial charge in [0.2, 0.25) is 0 Å². The van der Waals surface area contributed by atoms with Crippen LogP contribution in [0.5, 0.6) is 5.75 Å². The maximum Gasteiger partial charge on any atom is 0.261 e.